The molecule has 0 aliphatic heterocycles. The van der Waals surface area contributed by atoms with Crippen molar-refractivity contribution in [1.29, 1.82) is 0 Å². The highest BCUT2D eigenvalue weighted by molar-refractivity contribution is 7.99. The lowest BCUT2D eigenvalue weighted by Crippen LogP contribution is -1.99. The van der Waals surface area contributed by atoms with Crippen molar-refractivity contribution in [2.45, 2.75) is 14.9 Å². The zero-order valence-electron chi connectivity index (χ0n) is 11.1. The number of benzene rings is 1. The number of anilines is 1. The van der Waals surface area contributed by atoms with Gasteiger partial charge in [0.05, 0.1) is 4.90 Å². The molecule has 0 aliphatic carbocycles. The minimum Gasteiger partial charge on any atom is -0.398 e. The molecular weight excluding hydrogens is 308 g/mol. The Kier molecular flexibility index (Phi) is 3.34. The molecule has 0 spiro atoms. The maximum Gasteiger partial charge on any atom is 0.200 e. The van der Waals surface area contributed by atoms with Gasteiger partial charge in [-0.3, -0.25) is 4.40 Å². The summed E-state index contributed by atoms with van der Waals surface area (Å²) in [6.45, 7) is 0. The van der Waals surface area contributed by atoms with E-state index >= 15 is 0 Å². The molecule has 2 heterocycles. The molecule has 6 nitrogen and oxygen atoms in total. The molecule has 3 aromatic rings. The van der Waals surface area contributed by atoms with E-state index in [1.807, 2.05) is 28.8 Å². The number of nitrogens with two attached hydrogens (primary N) is 1. The van der Waals surface area contributed by atoms with E-state index in [-0.39, 0.29) is 4.90 Å². The number of fused-ring (bicyclic) bond motifs is 1. The van der Waals surface area contributed by atoms with Crippen molar-refractivity contribution >= 4 is 32.9 Å². The Morgan fingerprint density at radius 1 is 1.19 bits per heavy atom. The smallest absolute Gasteiger partial charge is 0.200 e. The van der Waals surface area contributed by atoms with Crippen molar-refractivity contribution in [3.8, 4) is 0 Å². The van der Waals surface area contributed by atoms with E-state index in [2.05, 4.69) is 10.2 Å². The van der Waals surface area contributed by atoms with Gasteiger partial charge in [0, 0.05) is 23.0 Å². The Hall–Kier alpha value is -2.06. The largest absolute Gasteiger partial charge is 0.398 e. The molecule has 0 bridgehead atoms. The van der Waals surface area contributed by atoms with Gasteiger partial charge in [0.1, 0.15) is 0 Å². The third-order valence-corrected chi connectivity index (χ3v) is 5.06. The maximum atomic E-state index is 11.5. The van der Waals surface area contributed by atoms with Crippen LogP contribution in [0.25, 0.3) is 5.65 Å². The molecule has 0 amide bonds. The van der Waals surface area contributed by atoms with Crippen LogP contribution in [0.4, 0.5) is 5.69 Å². The van der Waals surface area contributed by atoms with Crippen LogP contribution in [0.5, 0.6) is 0 Å². The fraction of sp³-hybridized carbons (Fsp3) is 0.0769. The van der Waals surface area contributed by atoms with Gasteiger partial charge in [-0.2, -0.15) is 0 Å². The Labute approximate surface area is 125 Å². The van der Waals surface area contributed by atoms with Crippen molar-refractivity contribution in [2.24, 2.45) is 0 Å². The normalized spacial score (nSPS) is 11.9. The second kappa shape index (κ2) is 5.05. The SMILES string of the molecule is CS(=O)(=O)c1ccc(Sc2nnc3ccccn23)c(N)c1. The zero-order valence-corrected chi connectivity index (χ0v) is 12.7. The molecule has 2 N–H and O–H groups in total. The number of nitrogens with zero attached hydrogens (tertiary/aromatic N) is 3. The number of nitrogen functional groups attached to an aromatic ring is 1. The van der Waals surface area contributed by atoms with Crippen LogP contribution in [0, 0.1) is 0 Å². The monoisotopic (exact) mass is 320 g/mol. The van der Waals surface area contributed by atoms with Gasteiger partial charge in [0.25, 0.3) is 0 Å². The van der Waals surface area contributed by atoms with Crippen LogP contribution in [0.2, 0.25) is 0 Å². The van der Waals surface area contributed by atoms with Gasteiger partial charge in [0.2, 0.25) is 0 Å². The molecule has 0 atom stereocenters. The van der Waals surface area contributed by atoms with Gasteiger partial charge in [-0.25, -0.2) is 8.42 Å². The Balaban J connectivity index is 1.99. The molecule has 0 saturated carbocycles. The van der Waals surface area contributed by atoms with E-state index in [1.165, 1.54) is 23.9 Å². The van der Waals surface area contributed by atoms with Crippen molar-refractivity contribution in [3.05, 3.63) is 42.6 Å². The number of hydrogen-bond donors (Lipinski definition) is 1. The highest BCUT2D eigenvalue weighted by atomic mass is 32.2. The van der Waals surface area contributed by atoms with Crippen LogP contribution in [0.15, 0.2) is 57.5 Å². The van der Waals surface area contributed by atoms with E-state index in [9.17, 15) is 8.42 Å². The minimum absolute atomic E-state index is 0.204. The molecule has 8 heteroatoms. The van der Waals surface area contributed by atoms with Crippen LogP contribution >= 0.6 is 11.8 Å². The van der Waals surface area contributed by atoms with Crippen LogP contribution in [-0.4, -0.2) is 29.3 Å². The molecule has 0 saturated heterocycles. The third-order valence-electron chi connectivity index (χ3n) is 2.89. The molecule has 0 radical (unpaired) electrons. The molecular formula is C13H12N4O2S2. The first kappa shape index (κ1) is 13.9. The van der Waals surface area contributed by atoms with Crippen LogP contribution in [0.3, 0.4) is 0 Å². The predicted octanol–water partition coefficient (Wildman–Crippen LogP) is 1.87. The Bertz CT molecular complexity index is 919. The number of aromatic nitrogens is 3. The third kappa shape index (κ3) is 2.72. The first-order valence-electron chi connectivity index (χ1n) is 6.02. The first-order chi connectivity index (χ1) is 9.95. The van der Waals surface area contributed by atoms with E-state index < -0.39 is 9.84 Å². The highest BCUT2D eigenvalue weighted by Gasteiger charge is 2.12. The number of sulfone groups is 1. The summed E-state index contributed by atoms with van der Waals surface area (Å²) in [5, 5.41) is 8.83. The second-order valence-electron chi connectivity index (χ2n) is 4.49. The summed E-state index contributed by atoms with van der Waals surface area (Å²) in [6.07, 6.45) is 3.01. The molecule has 0 unspecified atom stereocenters. The maximum absolute atomic E-state index is 11.5. The van der Waals surface area contributed by atoms with Crippen molar-refractivity contribution in [1.82, 2.24) is 14.6 Å². The van der Waals surface area contributed by atoms with E-state index in [1.54, 1.807) is 6.07 Å². The van der Waals surface area contributed by atoms with Gasteiger partial charge < -0.3 is 5.73 Å². The fourth-order valence-corrected chi connectivity index (χ4v) is 3.34. The molecule has 108 valence electrons. The fourth-order valence-electron chi connectivity index (χ4n) is 1.84. The zero-order chi connectivity index (χ0) is 15.0. The lowest BCUT2D eigenvalue weighted by molar-refractivity contribution is 0.602. The second-order valence-corrected chi connectivity index (χ2v) is 7.51. The topological polar surface area (TPSA) is 90.3 Å². The lowest BCUT2D eigenvalue weighted by Gasteiger charge is -2.06. The highest BCUT2D eigenvalue weighted by Crippen LogP contribution is 2.32. The lowest BCUT2D eigenvalue weighted by atomic mass is 10.3. The van der Waals surface area contributed by atoms with E-state index in [4.69, 9.17) is 5.73 Å². The molecule has 1 aromatic carbocycles. The van der Waals surface area contributed by atoms with Crippen molar-refractivity contribution in [3.63, 3.8) is 0 Å². The van der Waals surface area contributed by atoms with Gasteiger partial charge in [-0.05, 0) is 42.1 Å². The number of pyridine rings is 1. The van der Waals surface area contributed by atoms with Gasteiger partial charge in [-0.1, -0.05) is 6.07 Å². The average Bonchev–Trinajstić information content (AvgIpc) is 2.83. The van der Waals surface area contributed by atoms with Crippen LogP contribution < -0.4 is 5.73 Å². The Morgan fingerprint density at radius 3 is 2.71 bits per heavy atom. The molecule has 0 fully saturated rings. The number of hydrogen-bond acceptors (Lipinski definition) is 6. The van der Waals surface area contributed by atoms with E-state index in [0.717, 1.165) is 16.8 Å². The van der Waals surface area contributed by atoms with Crippen LogP contribution in [-0.2, 0) is 9.84 Å². The summed E-state index contributed by atoms with van der Waals surface area (Å²) in [5.41, 5.74) is 7.08. The molecule has 0 aliphatic rings. The van der Waals surface area contributed by atoms with Crippen molar-refractivity contribution in [2.75, 3.05) is 12.0 Å². The predicted molar refractivity (Wildman–Crippen MR) is 81.1 cm³/mol. The van der Waals surface area contributed by atoms with Gasteiger partial charge in [0.15, 0.2) is 20.6 Å². The summed E-state index contributed by atoms with van der Waals surface area (Å²) in [6, 6.07) is 10.3. The average molecular weight is 320 g/mol. The van der Waals surface area contributed by atoms with Gasteiger partial charge >= 0.3 is 0 Å². The van der Waals surface area contributed by atoms with Crippen molar-refractivity contribution < 1.29 is 8.42 Å². The Morgan fingerprint density at radius 2 is 2.00 bits per heavy atom. The first-order valence-corrected chi connectivity index (χ1v) is 8.73. The summed E-state index contributed by atoms with van der Waals surface area (Å²) in [5.74, 6) is 0. The summed E-state index contributed by atoms with van der Waals surface area (Å²) in [7, 11) is -3.26. The standard InChI is InChI=1S/C13H12N4O2S2/c1-21(18,19)9-5-6-11(10(14)8-9)20-13-16-15-12-4-2-3-7-17(12)13/h2-8H,14H2,1H3. The molecule has 3 rings (SSSR count). The summed E-state index contributed by atoms with van der Waals surface area (Å²) >= 11 is 1.34. The molecule has 21 heavy (non-hydrogen) atoms. The quantitative estimate of drug-likeness (QED) is 0.741. The summed E-state index contributed by atoms with van der Waals surface area (Å²) in [4.78, 5) is 0.941. The summed E-state index contributed by atoms with van der Waals surface area (Å²) < 4.78 is 24.8. The van der Waals surface area contributed by atoms with E-state index in [0.29, 0.717) is 10.8 Å². The number of rotatable bonds is 3. The minimum atomic E-state index is -3.26. The molecule has 2 aromatic heterocycles. The van der Waals surface area contributed by atoms with Crippen LogP contribution in [0.1, 0.15) is 0 Å². The van der Waals surface area contributed by atoms with Gasteiger partial charge in [-0.15, -0.1) is 10.2 Å².